The second-order valence-electron chi connectivity index (χ2n) is 9.66. The molecule has 0 fully saturated rings. The molecular weight excluding hydrogens is 534 g/mol. The van der Waals surface area contributed by atoms with Crippen LogP contribution in [0.3, 0.4) is 0 Å². The summed E-state index contributed by atoms with van der Waals surface area (Å²) in [5.41, 5.74) is -1.83. The molecule has 2 aromatic carbocycles. The van der Waals surface area contributed by atoms with Gasteiger partial charge in [-0.25, -0.2) is 0 Å². The number of benzene rings is 2. The van der Waals surface area contributed by atoms with E-state index in [2.05, 4.69) is 44.2 Å². The van der Waals surface area contributed by atoms with Crippen LogP contribution in [0.25, 0.3) is 10.8 Å². The number of carbonyl (C=O) groups is 4. The van der Waals surface area contributed by atoms with Crippen LogP contribution in [0.1, 0.15) is 38.0 Å². The lowest BCUT2D eigenvalue weighted by atomic mass is 9.94. The van der Waals surface area contributed by atoms with E-state index >= 15 is 0 Å². The summed E-state index contributed by atoms with van der Waals surface area (Å²) in [6, 6.07) is 18.4. The summed E-state index contributed by atoms with van der Waals surface area (Å²) in [6.07, 6.45) is 0.128. The highest BCUT2D eigenvalue weighted by molar-refractivity contribution is 5.86. The molecular formula is C30H35NO10-2. The summed E-state index contributed by atoms with van der Waals surface area (Å²) in [5.74, 6) is -5.56. The van der Waals surface area contributed by atoms with Crippen LogP contribution in [-0.2, 0) is 36.8 Å². The summed E-state index contributed by atoms with van der Waals surface area (Å²) < 4.78 is 11.1. The summed E-state index contributed by atoms with van der Waals surface area (Å²) in [4.78, 5) is 44.3. The van der Waals surface area contributed by atoms with Gasteiger partial charge in [-0.15, -0.1) is 0 Å². The summed E-state index contributed by atoms with van der Waals surface area (Å²) >= 11 is 0. The number of carboxylic acids is 3. The molecule has 0 bridgehead atoms. The van der Waals surface area contributed by atoms with Gasteiger partial charge < -0.3 is 48.9 Å². The molecule has 0 aliphatic rings. The maximum Gasteiger partial charge on any atom is 0.309 e. The molecule has 0 spiro atoms. The number of ether oxygens (including phenoxy) is 1. The Bertz CT molecular complexity index is 1270. The second kappa shape index (κ2) is 16.1. The fourth-order valence-corrected chi connectivity index (χ4v) is 4.26. The molecule has 11 heteroatoms. The molecule has 3 aromatic rings. The second-order valence-corrected chi connectivity index (χ2v) is 9.66. The molecule has 1 atom stereocenters. The standard InChI is InChI=1S/C24H29NO3.C6H8O7/c1-3-25(4-2)13-15-28-24(26)22(18-23-10-7-14-27-23)17-19-11-12-20-8-5-6-9-21(20)16-19;7-3(8)1-6(13,5(11)12)2-4(9)10/h5-12,14,16,22H,3-4,13,15,17-18H2,1-2H3;13H,1-2H2,(H,7,8)(H,9,10)(H,11,12)/p-2. The van der Waals surface area contributed by atoms with Crippen LogP contribution in [0.5, 0.6) is 0 Å². The minimum absolute atomic E-state index is 0.142. The molecule has 0 radical (unpaired) electrons. The molecule has 0 saturated carbocycles. The highest BCUT2D eigenvalue weighted by Gasteiger charge is 2.29. The fourth-order valence-electron chi connectivity index (χ4n) is 4.26. The highest BCUT2D eigenvalue weighted by Crippen LogP contribution is 2.21. The Morgan fingerprint density at radius 3 is 2.07 bits per heavy atom. The maximum absolute atomic E-state index is 12.8. The quantitative estimate of drug-likeness (QED) is 0.195. The number of aliphatic carboxylic acids is 3. The molecule has 41 heavy (non-hydrogen) atoms. The zero-order chi connectivity index (χ0) is 30.4. The zero-order valence-electron chi connectivity index (χ0n) is 23.1. The molecule has 1 heterocycles. The zero-order valence-corrected chi connectivity index (χ0v) is 23.1. The number of rotatable bonds is 15. The van der Waals surface area contributed by atoms with Crippen molar-refractivity contribution < 1.29 is 53.7 Å². The van der Waals surface area contributed by atoms with Crippen molar-refractivity contribution in [3.05, 3.63) is 72.2 Å². The average molecular weight is 570 g/mol. The van der Waals surface area contributed by atoms with Gasteiger partial charge in [0.2, 0.25) is 0 Å². The molecule has 222 valence electrons. The first-order valence-corrected chi connectivity index (χ1v) is 13.3. The van der Waals surface area contributed by atoms with Gasteiger partial charge in [-0.3, -0.25) is 4.79 Å². The van der Waals surface area contributed by atoms with E-state index in [0.717, 1.165) is 31.0 Å². The largest absolute Gasteiger partial charge is 0.550 e. The van der Waals surface area contributed by atoms with Gasteiger partial charge in [0.05, 0.1) is 31.2 Å². The molecule has 0 aliphatic carbocycles. The van der Waals surface area contributed by atoms with Crippen LogP contribution in [0.2, 0.25) is 0 Å². The topological polar surface area (TPSA) is 184 Å². The van der Waals surface area contributed by atoms with Crippen molar-refractivity contribution in [3.63, 3.8) is 0 Å². The van der Waals surface area contributed by atoms with Crippen molar-refractivity contribution in [2.45, 2.75) is 45.1 Å². The minimum atomic E-state index is -2.97. The smallest absolute Gasteiger partial charge is 0.309 e. The van der Waals surface area contributed by atoms with Gasteiger partial charge in [0.15, 0.2) is 0 Å². The van der Waals surface area contributed by atoms with Crippen molar-refractivity contribution in [2.24, 2.45) is 5.92 Å². The van der Waals surface area contributed by atoms with Gasteiger partial charge in [0.1, 0.15) is 24.5 Å². The molecule has 2 N–H and O–H groups in total. The van der Waals surface area contributed by atoms with Crippen molar-refractivity contribution in [3.8, 4) is 0 Å². The number of furan rings is 1. The number of likely N-dealkylation sites (N-methyl/N-ethyl adjacent to an activating group) is 1. The van der Waals surface area contributed by atoms with E-state index in [4.69, 9.17) is 14.3 Å². The Balaban J connectivity index is 0.000000383. The first-order chi connectivity index (χ1) is 19.5. The van der Waals surface area contributed by atoms with E-state index < -0.39 is 36.4 Å². The number of esters is 1. The van der Waals surface area contributed by atoms with Crippen LogP contribution >= 0.6 is 0 Å². The van der Waals surface area contributed by atoms with Gasteiger partial charge in [0, 0.05) is 31.2 Å². The Kier molecular flexibility index (Phi) is 13.0. The summed E-state index contributed by atoms with van der Waals surface area (Å²) in [7, 11) is 0. The molecule has 11 nitrogen and oxygen atoms in total. The Morgan fingerprint density at radius 1 is 0.902 bits per heavy atom. The molecule has 0 amide bonds. The first-order valence-electron chi connectivity index (χ1n) is 13.3. The minimum Gasteiger partial charge on any atom is -0.550 e. The van der Waals surface area contributed by atoms with Crippen LogP contribution in [0.15, 0.2) is 65.3 Å². The van der Waals surface area contributed by atoms with Gasteiger partial charge in [-0.2, -0.15) is 0 Å². The third-order valence-corrected chi connectivity index (χ3v) is 6.61. The number of hydrogen-bond acceptors (Lipinski definition) is 10. The Morgan fingerprint density at radius 2 is 1.54 bits per heavy atom. The lowest BCUT2D eigenvalue weighted by Gasteiger charge is -2.29. The van der Waals surface area contributed by atoms with Gasteiger partial charge in [-0.05, 0) is 48.7 Å². The number of quaternary nitrogens is 1. The monoisotopic (exact) mass is 569 g/mol. The van der Waals surface area contributed by atoms with E-state index in [1.54, 1.807) is 6.26 Å². The van der Waals surface area contributed by atoms with E-state index in [1.165, 1.54) is 15.7 Å². The first kappa shape index (κ1) is 33.0. The Hall–Kier alpha value is -4.22. The lowest BCUT2D eigenvalue weighted by Crippen LogP contribution is -3.11. The third-order valence-electron chi connectivity index (χ3n) is 6.61. The van der Waals surface area contributed by atoms with Gasteiger partial charge >= 0.3 is 5.97 Å². The number of carboxylic acid groups (broad SMARTS) is 3. The normalized spacial score (nSPS) is 11.9. The van der Waals surface area contributed by atoms with Crippen LogP contribution in [0.4, 0.5) is 0 Å². The number of fused-ring (bicyclic) bond motifs is 1. The molecule has 1 aromatic heterocycles. The van der Waals surface area contributed by atoms with E-state index in [9.17, 15) is 34.5 Å². The van der Waals surface area contributed by atoms with Crippen molar-refractivity contribution >= 4 is 34.6 Å². The van der Waals surface area contributed by atoms with Crippen molar-refractivity contribution in [2.75, 3.05) is 26.2 Å². The number of hydrogen-bond donors (Lipinski definition) is 2. The van der Waals surface area contributed by atoms with E-state index in [1.807, 2.05) is 24.3 Å². The van der Waals surface area contributed by atoms with Crippen LogP contribution in [0, 0.1) is 5.92 Å². The molecule has 3 rings (SSSR count). The Labute approximate surface area is 238 Å². The summed E-state index contributed by atoms with van der Waals surface area (Å²) in [5, 5.41) is 41.3. The maximum atomic E-state index is 12.8. The fraction of sp³-hybridized carbons (Fsp3) is 0.400. The number of carbonyl (C=O) groups excluding carboxylic acids is 4. The predicted molar refractivity (Wildman–Crippen MR) is 141 cm³/mol. The lowest BCUT2D eigenvalue weighted by molar-refractivity contribution is -0.896. The summed E-state index contributed by atoms with van der Waals surface area (Å²) in [6.45, 7) is 7.70. The molecule has 1 unspecified atom stereocenters. The number of nitrogens with one attached hydrogen (secondary N) is 1. The van der Waals surface area contributed by atoms with Crippen LogP contribution in [-0.4, -0.2) is 60.8 Å². The van der Waals surface area contributed by atoms with E-state index in [0.29, 0.717) is 19.4 Å². The van der Waals surface area contributed by atoms with Crippen molar-refractivity contribution in [1.82, 2.24) is 0 Å². The third kappa shape index (κ3) is 11.1. The SMILES string of the molecule is CC[NH+](CC)CCOC(=O)C(Cc1ccc2ccccc2c1)Cc1ccco1.O=C([O-])CC(O)(CC(=O)[O-])C(=O)[O-]. The van der Waals surface area contributed by atoms with Gasteiger partial charge in [-0.1, -0.05) is 42.5 Å². The van der Waals surface area contributed by atoms with Crippen LogP contribution < -0.4 is 20.2 Å². The average Bonchev–Trinajstić information content (AvgIpc) is 3.43. The highest BCUT2D eigenvalue weighted by atomic mass is 16.5. The predicted octanol–water partition coefficient (Wildman–Crippen LogP) is -1.95. The van der Waals surface area contributed by atoms with E-state index in [-0.39, 0.29) is 11.9 Å². The number of aliphatic hydroxyl groups is 1. The molecule has 0 aliphatic heterocycles. The van der Waals surface area contributed by atoms with Gasteiger partial charge in [0.25, 0.3) is 0 Å². The molecule has 0 saturated heterocycles. The van der Waals surface area contributed by atoms with Crippen molar-refractivity contribution in [1.29, 1.82) is 0 Å².